The molecule has 2 N–H and O–H groups in total. The lowest BCUT2D eigenvalue weighted by Crippen LogP contribution is -2.42. The second-order valence-corrected chi connectivity index (χ2v) is 7.47. The van der Waals surface area contributed by atoms with Crippen molar-refractivity contribution in [3.63, 3.8) is 0 Å². The summed E-state index contributed by atoms with van der Waals surface area (Å²) in [5, 5.41) is 7.71. The number of fused-ring (bicyclic) bond motifs is 1. The van der Waals surface area contributed by atoms with Gasteiger partial charge in [-0.2, -0.15) is 0 Å². The van der Waals surface area contributed by atoms with Crippen molar-refractivity contribution in [2.24, 2.45) is 0 Å². The fourth-order valence-electron chi connectivity index (χ4n) is 3.59. The first-order valence-corrected chi connectivity index (χ1v) is 9.44. The van der Waals surface area contributed by atoms with E-state index < -0.39 is 29.9 Å². The highest BCUT2D eigenvalue weighted by Crippen LogP contribution is 2.33. The molecule has 29 heavy (non-hydrogen) atoms. The highest BCUT2D eigenvalue weighted by atomic mass is 35.5. The maximum absolute atomic E-state index is 13.2. The average molecular weight is 408 g/mol. The van der Waals surface area contributed by atoms with E-state index in [9.17, 15) is 14.4 Å². The third-order valence-corrected chi connectivity index (χ3v) is 5.25. The summed E-state index contributed by atoms with van der Waals surface area (Å²) < 4.78 is 0. The summed E-state index contributed by atoms with van der Waals surface area (Å²) in [6.07, 6.45) is 0. The highest BCUT2D eigenvalue weighted by molar-refractivity contribution is 6.30. The van der Waals surface area contributed by atoms with Crippen LogP contribution in [0.4, 0.5) is 10.5 Å². The Balaban J connectivity index is 1.59. The molecule has 0 saturated carbocycles. The van der Waals surface area contributed by atoms with Gasteiger partial charge in [0.25, 0.3) is 5.91 Å². The van der Waals surface area contributed by atoms with Gasteiger partial charge in [0.2, 0.25) is 5.91 Å². The van der Waals surface area contributed by atoms with Crippen LogP contribution in [0, 0.1) is 0 Å². The summed E-state index contributed by atoms with van der Waals surface area (Å²) in [6, 6.07) is 19.3. The number of amides is 4. The van der Waals surface area contributed by atoms with Crippen molar-refractivity contribution in [3.8, 4) is 0 Å². The SMILES string of the molecule is C[C@@]1(c2cccc3ccccc23)NC(=O)N(CC(=O)Nc2cccc(Cl)c2)C1=O. The van der Waals surface area contributed by atoms with Gasteiger partial charge in [-0.1, -0.05) is 60.1 Å². The fraction of sp³-hybridized carbons (Fsp3) is 0.136. The van der Waals surface area contributed by atoms with Gasteiger partial charge in [-0.3, -0.25) is 14.5 Å². The summed E-state index contributed by atoms with van der Waals surface area (Å²) in [4.78, 5) is 39.0. The maximum Gasteiger partial charge on any atom is 0.325 e. The molecule has 4 rings (SSSR count). The molecule has 3 aromatic carbocycles. The summed E-state index contributed by atoms with van der Waals surface area (Å²) >= 11 is 5.92. The molecule has 1 atom stereocenters. The molecule has 1 fully saturated rings. The topological polar surface area (TPSA) is 78.5 Å². The number of carbonyl (C=O) groups excluding carboxylic acids is 3. The van der Waals surface area contributed by atoms with E-state index in [2.05, 4.69) is 10.6 Å². The van der Waals surface area contributed by atoms with Gasteiger partial charge in [-0.25, -0.2) is 4.79 Å². The van der Waals surface area contributed by atoms with Crippen LogP contribution >= 0.6 is 11.6 Å². The van der Waals surface area contributed by atoms with E-state index in [0.717, 1.165) is 15.7 Å². The molecule has 1 aliphatic heterocycles. The third kappa shape index (κ3) is 3.43. The Bertz CT molecular complexity index is 1140. The molecular weight excluding hydrogens is 390 g/mol. The molecule has 0 unspecified atom stereocenters. The number of imide groups is 1. The predicted molar refractivity (Wildman–Crippen MR) is 112 cm³/mol. The van der Waals surface area contributed by atoms with Gasteiger partial charge < -0.3 is 10.6 Å². The summed E-state index contributed by atoms with van der Waals surface area (Å²) in [5.74, 6) is -0.960. The lowest BCUT2D eigenvalue weighted by atomic mass is 9.88. The minimum atomic E-state index is -1.26. The number of rotatable bonds is 4. The lowest BCUT2D eigenvalue weighted by Gasteiger charge is -2.24. The van der Waals surface area contributed by atoms with Gasteiger partial charge in [0.1, 0.15) is 12.1 Å². The number of carbonyl (C=O) groups is 3. The number of urea groups is 1. The van der Waals surface area contributed by atoms with Crippen LogP contribution in [0.5, 0.6) is 0 Å². The number of hydrogen-bond acceptors (Lipinski definition) is 3. The van der Waals surface area contributed by atoms with E-state index in [0.29, 0.717) is 16.3 Å². The van der Waals surface area contributed by atoms with Crippen LogP contribution in [0.3, 0.4) is 0 Å². The van der Waals surface area contributed by atoms with E-state index in [4.69, 9.17) is 11.6 Å². The standard InChI is InChI=1S/C22H18ClN3O3/c1-22(18-11-4-7-14-6-2-3-10-17(14)18)20(28)26(21(29)25-22)13-19(27)24-16-9-5-8-15(23)12-16/h2-12H,13H2,1H3,(H,24,27)(H,25,29)/t22-/m0/s1. The molecule has 146 valence electrons. The Morgan fingerprint density at radius 2 is 1.79 bits per heavy atom. The highest BCUT2D eigenvalue weighted by Gasteiger charge is 2.50. The van der Waals surface area contributed by atoms with E-state index in [1.165, 1.54) is 0 Å². The molecule has 0 spiro atoms. The van der Waals surface area contributed by atoms with E-state index in [1.807, 2.05) is 42.5 Å². The average Bonchev–Trinajstić information content (AvgIpc) is 2.91. The largest absolute Gasteiger partial charge is 0.325 e. The van der Waals surface area contributed by atoms with Gasteiger partial charge in [-0.15, -0.1) is 0 Å². The summed E-state index contributed by atoms with van der Waals surface area (Å²) in [5.41, 5.74) is -0.0769. The first kappa shape index (κ1) is 19.0. The zero-order valence-corrected chi connectivity index (χ0v) is 16.4. The molecular formula is C22H18ClN3O3. The summed E-state index contributed by atoms with van der Waals surface area (Å²) in [6.45, 7) is 1.27. The van der Waals surface area contributed by atoms with Gasteiger partial charge in [-0.05, 0) is 41.5 Å². The van der Waals surface area contributed by atoms with Gasteiger partial charge >= 0.3 is 6.03 Å². The van der Waals surface area contributed by atoms with Crippen molar-refractivity contribution < 1.29 is 14.4 Å². The Hall–Kier alpha value is -3.38. The monoisotopic (exact) mass is 407 g/mol. The van der Waals surface area contributed by atoms with Crippen LogP contribution in [0.15, 0.2) is 66.7 Å². The van der Waals surface area contributed by atoms with E-state index in [-0.39, 0.29) is 0 Å². The van der Waals surface area contributed by atoms with E-state index in [1.54, 1.807) is 31.2 Å². The number of anilines is 1. The molecule has 0 aromatic heterocycles. The molecule has 0 radical (unpaired) electrons. The van der Waals surface area contributed by atoms with Crippen LogP contribution in [-0.2, 0) is 15.1 Å². The van der Waals surface area contributed by atoms with Crippen LogP contribution in [-0.4, -0.2) is 29.3 Å². The van der Waals surface area contributed by atoms with Crippen molar-refractivity contribution in [1.29, 1.82) is 0 Å². The van der Waals surface area contributed by atoms with Crippen LogP contribution in [0.2, 0.25) is 5.02 Å². The van der Waals surface area contributed by atoms with Gasteiger partial charge in [0, 0.05) is 10.7 Å². The summed E-state index contributed by atoms with van der Waals surface area (Å²) in [7, 11) is 0. The minimum absolute atomic E-state index is 0.391. The number of benzene rings is 3. The predicted octanol–water partition coefficient (Wildman–Crippen LogP) is 3.90. The number of halogens is 1. The Kier molecular flexibility index (Phi) is 4.72. The van der Waals surface area contributed by atoms with E-state index >= 15 is 0 Å². The second-order valence-electron chi connectivity index (χ2n) is 7.03. The van der Waals surface area contributed by atoms with Gasteiger partial charge in [0.05, 0.1) is 0 Å². The lowest BCUT2D eigenvalue weighted by molar-refractivity contribution is -0.133. The first-order valence-electron chi connectivity index (χ1n) is 9.06. The molecule has 0 bridgehead atoms. The molecule has 1 heterocycles. The molecule has 0 aliphatic carbocycles. The zero-order valence-electron chi connectivity index (χ0n) is 15.6. The van der Waals surface area contributed by atoms with Gasteiger partial charge in [0.15, 0.2) is 0 Å². The smallest absolute Gasteiger partial charge is 0.324 e. The van der Waals surface area contributed by atoms with Crippen molar-refractivity contribution in [3.05, 3.63) is 77.3 Å². The van der Waals surface area contributed by atoms with Crippen molar-refractivity contribution in [2.75, 3.05) is 11.9 Å². The van der Waals surface area contributed by atoms with Crippen molar-refractivity contribution in [2.45, 2.75) is 12.5 Å². The number of hydrogen-bond donors (Lipinski definition) is 2. The fourth-order valence-corrected chi connectivity index (χ4v) is 3.79. The van der Waals surface area contributed by atoms with Crippen molar-refractivity contribution in [1.82, 2.24) is 10.2 Å². The van der Waals surface area contributed by atoms with Crippen LogP contribution in [0.1, 0.15) is 12.5 Å². The van der Waals surface area contributed by atoms with Crippen molar-refractivity contribution >= 4 is 45.9 Å². The molecule has 3 aromatic rings. The molecule has 4 amide bonds. The molecule has 1 saturated heterocycles. The molecule has 6 nitrogen and oxygen atoms in total. The second kappa shape index (κ2) is 7.22. The number of nitrogens with one attached hydrogen (secondary N) is 2. The zero-order chi connectivity index (χ0) is 20.6. The Morgan fingerprint density at radius 3 is 2.59 bits per heavy atom. The number of nitrogens with zero attached hydrogens (tertiary/aromatic N) is 1. The Labute approximate surface area is 172 Å². The quantitative estimate of drug-likeness (QED) is 0.644. The van der Waals surface area contributed by atoms with Crippen LogP contribution in [0.25, 0.3) is 10.8 Å². The Morgan fingerprint density at radius 1 is 1.07 bits per heavy atom. The van der Waals surface area contributed by atoms with Crippen LogP contribution < -0.4 is 10.6 Å². The molecule has 7 heteroatoms. The molecule has 1 aliphatic rings. The first-order chi connectivity index (χ1) is 13.9. The normalized spacial score (nSPS) is 18.8. The maximum atomic E-state index is 13.2. The minimum Gasteiger partial charge on any atom is -0.324 e. The third-order valence-electron chi connectivity index (χ3n) is 5.01.